The number of carbonyl (C=O) groups is 1. The summed E-state index contributed by atoms with van der Waals surface area (Å²) in [5.41, 5.74) is 2.68. The van der Waals surface area contributed by atoms with Crippen LogP contribution >= 0.6 is 11.6 Å². The lowest BCUT2D eigenvalue weighted by Gasteiger charge is -2.39. The van der Waals surface area contributed by atoms with E-state index in [1.54, 1.807) is 36.2 Å². The Morgan fingerprint density at radius 3 is 2.79 bits per heavy atom. The number of hydrogen-bond acceptors (Lipinski definition) is 9. The van der Waals surface area contributed by atoms with E-state index in [-0.39, 0.29) is 48.7 Å². The van der Waals surface area contributed by atoms with Crippen LogP contribution in [0, 0.1) is 26.2 Å². The van der Waals surface area contributed by atoms with Crippen LogP contribution in [0.4, 0.5) is 14.6 Å². The second kappa shape index (κ2) is 14.2. The molecule has 1 aromatic carbocycles. The number of amides is 1. The highest BCUT2D eigenvalue weighted by molar-refractivity contribution is 6.32. The molecular formula is C39H40ClF2N9O2. The molecule has 1 saturated carbocycles. The van der Waals surface area contributed by atoms with Crippen molar-refractivity contribution in [3.8, 4) is 17.3 Å². The molecule has 8 rings (SSSR count). The van der Waals surface area contributed by atoms with Gasteiger partial charge >= 0.3 is 6.01 Å². The molecule has 3 atom stereocenters. The smallest absolute Gasteiger partial charge is 0.319 e. The number of carbonyl (C=O) groups excluding carboxylic acids is 1. The van der Waals surface area contributed by atoms with Crippen LogP contribution in [0.5, 0.6) is 6.01 Å². The van der Waals surface area contributed by atoms with Gasteiger partial charge in [0.15, 0.2) is 5.82 Å². The second-order valence-electron chi connectivity index (χ2n) is 14.6. The first-order valence-electron chi connectivity index (χ1n) is 18.2. The van der Waals surface area contributed by atoms with Crippen molar-refractivity contribution in [3.05, 3.63) is 81.6 Å². The van der Waals surface area contributed by atoms with E-state index in [2.05, 4.69) is 29.7 Å². The number of fused-ring (bicyclic) bond motifs is 2. The molecule has 0 N–H and O–H groups in total. The molecule has 14 heteroatoms. The number of pyridine rings is 1. The molecule has 0 unspecified atom stereocenters. The lowest BCUT2D eigenvalue weighted by molar-refractivity contribution is -0.128. The minimum absolute atomic E-state index is 0.0146. The van der Waals surface area contributed by atoms with Gasteiger partial charge in [-0.05, 0) is 75.8 Å². The van der Waals surface area contributed by atoms with Gasteiger partial charge in [0.1, 0.15) is 41.7 Å². The number of aryl methyl sites for hydroxylation is 2. The largest absolute Gasteiger partial charge is 0.461 e. The van der Waals surface area contributed by atoms with E-state index in [0.717, 1.165) is 43.5 Å². The number of nitrogens with zero attached hydrogens (tertiary/aromatic N) is 9. The Labute approximate surface area is 311 Å². The number of halogens is 3. The van der Waals surface area contributed by atoms with Gasteiger partial charge in [0, 0.05) is 61.2 Å². The molecule has 53 heavy (non-hydrogen) atoms. The minimum atomic E-state index is -0.932. The third-order valence-corrected chi connectivity index (χ3v) is 11.2. The van der Waals surface area contributed by atoms with Gasteiger partial charge in [-0.2, -0.15) is 9.97 Å². The van der Waals surface area contributed by atoms with Crippen molar-refractivity contribution in [1.29, 1.82) is 0 Å². The maximum absolute atomic E-state index is 16.9. The third kappa shape index (κ3) is 6.90. The Morgan fingerprint density at radius 2 is 2.00 bits per heavy atom. The Bertz CT molecular complexity index is 2140. The summed E-state index contributed by atoms with van der Waals surface area (Å²) in [6.07, 6.45) is 7.86. The SMILES string of the molecule is [C-]#[N+]C[C@H]1CN(c2nc(OC[C@@]34CCCN3C[C@H](F)C4)nc3c(F)c(-c4cccc(Cl)c4C4CC4)ncc23)CCN1C(=O)/C=C/c1cc(C)nc(C)n1. The summed E-state index contributed by atoms with van der Waals surface area (Å²) in [6, 6.07) is 6.76. The topological polar surface area (TPSA) is 105 Å². The fourth-order valence-electron chi connectivity index (χ4n) is 8.38. The summed E-state index contributed by atoms with van der Waals surface area (Å²) in [4.78, 5) is 45.7. The van der Waals surface area contributed by atoms with E-state index < -0.39 is 23.6 Å². The summed E-state index contributed by atoms with van der Waals surface area (Å²) < 4.78 is 37.8. The van der Waals surface area contributed by atoms with Crippen LogP contribution in [-0.2, 0) is 4.79 Å². The van der Waals surface area contributed by atoms with Crippen molar-refractivity contribution in [2.75, 3.05) is 50.8 Å². The standard InChI is InChI=1S/C39H40ClF2N9O2/c1-23-16-27(46-24(2)45-23)10-11-32(52)51-15-14-49(21-28(51)18-43-3)37-30-19-44-35(29-6-4-7-31(40)33(29)25-8-9-25)34(42)36(30)47-38(48-37)53-22-39-12-5-13-50(39)20-26(41)17-39/h4,6-7,10-11,16,19,25-26,28H,5,8-9,12-15,17-18,20-22H2,1-2H3/b11-10+/t26-,28+,39+/m1/s1. The highest BCUT2D eigenvalue weighted by Crippen LogP contribution is 2.48. The van der Waals surface area contributed by atoms with Crippen LogP contribution in [0.1, 0.15) is 60.8 Å². The van der Waals surface area contributed by atoms with E-state index in [0.29, 0.717) is 59.4 Å². The molecule has 4 fully saturated rings. The van der Waals surface area contributed by atoms with Crippen molar-refractivity contribution in [1.82, 2.24) is 34.7 Å². The van der Waals surface area contributed by atoms with Gasteiger partial charge in [-0.25, -0.2) is 25.3 Å². The molecule has 274 valence electrons. The highest BCUT2D eigenvalue weighted by Gasteiger charge is 2.49. The van der Waals surface area contributed by atoms with Crippen LogP contribution < -0.4 is 9.64 Å². The van der Waals surface area contributed by atoms with Gasteiger partial charge in [0.05, 0.1) is 16.6 Å². The van der Waals surface area contributed by atoms with Gasteiger partial charge in [-0.15, -0.1) is 0 Å². The summed E-state index contributed by atoms with van der Waals surface area (Å²) in [5.74, 6) is 0.407. The number of aromatic nitrogens is 5. The third-order valence-electron chi connectivity index (χ3n) is 10.9. The second-order valence-corrected chi connectivity index (χ2v) is 15.0. The zero-order valence-electron chi connectivity index (χ0n) is 29.7. The van der Waals surface area contributed by atoms with Crippen LogP contribution in [-0.4, -0.2) is 104 Å². The summed E-state index contributed by atoms with van der Waals surface area (Å²) in [7, 11) is 0. The van der Waals surface area contributed by atoms with Gasteiger partial charge in [0.25, 0.3) is 0 Å². The number of benzene rings is 1. The maximum atomic E-state index is 16.9. The van der Waals surface area contributed by atoms with E-state index in [1.165, 1.54) is 6.08 Å². The predicted octanol–water partition coefficient (Wildman–Crippen LogP) is 6.37. The van der Waals surface area contributed by atoms with E-state index in [4.69, 9.17) is 27.9 Å². The summed E-state index contributed by atoms with van der Waals surface area (Å²) >= 11 is 6.64. The normalized spacial score (nSPS) is 23.2. The fraction of sp³-hybridized carbons (Fsp3) is 0.462. The molecular weight excluding hydrogens is 700 g/mol. The summed E-state index contributed by atoms with van der Waals surface area (Å²) in [5, 5.41) is 0.965. The van der Waals surface area contributed by atoms with Gasteiger partial charge in [-0.3, -0.25) is 14.7 Å². The van der Waals surface area contributed by atoms with Crippen molar-refractivity contribution < 1.29 is 18.3 Å². The number of piperazine rings is 1. The van der Waals surface area contributed by atoms with Crippen LogP contribution in [0.3, 0.4) is 0 Å². The number of alkyl halides is 1. The van der Waals surface area contributed by atoms with Crippen molar-refractivity contribution in [2.24, 2.45) is 0 Å². The van der Waals surface area contributed by atoms with Gasteiger partial charge in [-0.1, -0.05) is 23.7 Å². The Balaban J connectivity index is 1.14. The molecule has 4 aliphatic rings. The van der Waals surface area contributed by atoms with Gasteiger partial charge in [0.2, 0.25) is 12.5 Å². The Hall–Kier alpha value is -4.80. The zero-order valence-corrected chi connectivity index (χ0v) is 30.5. The number of rotatable bonds is 9. The maximum Gasteiger partial charge on any atom is 0.319 e. The minimum Gasteiger partial charge on any atom is -0.461 e. The molecule has 0 bridgehead atoms. The van der Waals surface area contributed by atoms with Crippen LogP contribution in [0.25, 0.3) is 33.1 Å². The monoisotopic (exact) mass is 739 g/mol. The molecule has 1 amide bonds. The predicted molar refractivity (Wildman–Crippen MR) is 198 cm³/mol. The molecule has 3 aromatic heterocycles. The average molecular weight is 740 g/mol. The fourth-order valence-corrected chi connectivity index (χ4v) is 8.70. The number of hydrogen-bond donors (Lipinski definition) is 0. The van der Waals surface area contributed by atoms with Crippen LogP contribution in [0.2, 0.25) is 5.02 Å². The number of anilines is 1. The average Bonchev–Trinajstić information content (AvgIpc) is 3.82. The first kappa shape index (κ1) is 35.2. The van der Waals surface area contributed by atoms with E-state index in [1.807, 2.05) is 24.0 Å². The molecule has 11 nitrogen and oxygen atoms in total. The molecule has 4 aromatic rings. The van der Waals surface area contributed by atoms with Crippen molar-refractivity contribution in [3.63, 3.8) is 0 Å². The Kier molecular flexibility index (Phi) is 9.45. The zero-order chi connectivity index (χ0) is 36.9. The molecule has 6 heterocycles. The number of ether oxygens (including phenoxy) is 1. The lowest BCUT2D eigenvalue weighted by Crippen LogP contribution is -2.56. The Morgan fingerprint density at radius 1 is 1.15 bits per heavy atom. The van der Waals surface area contributed by atoms with Crippen molar-refractivity contribution >= 4 is 40.3 Å². The first-order chi connectivity index (χ1) is 25.6. The highest BCUT2D eigenvalue weighted by atomic mass is 35.5. The summed E-state index contributed by atoms with van der Waals surface area (Å²) in [6.45, 7) is 13.7. The first-order valence-corrected chi connectivity index (χ1v) is 18.6. The van der Waals surface area contributed by atoms with E-state index >= 15 is 4.39 Å². The molecule has 3 aliphatic heterocycles. The molecule has 0 spiro atoms. The van der Waals surface area contributed by atoms with Crippen LogP contribution in [0.15, 0.2) is 36.5 Å². The molecule has 3 saturated heterocycles. The van der Waals surface area contributed by atoms with Crippen molar-refractivity contribution in [2.45, 2.75) is 69.6 Å². The van der Waals surface area contributed by atoms with E-state index in [9.17, 15) is 9.18 Å². The molecule has 0 radical (unpaired) electrons. The lowest BCUT2D eigenvalue weighted by atomic mass is 9.95. The molecule has 1 aliphatic carbocycles. The van der Waals surface area contributed by atoms with Gasteiger partial charge < -0.3 is 19.4 Å². The quantitative estimate of drug-likeness (QED) is 0.143.